The predicted molar refractivity (Wildman–Crippen MR) is 58.5 cm³/mol. The molecule has 1 aliphatic carbocycles. The van der Waals surface area contributed by atoms with Crippen molar-refractivity contribution in [3.05, 3.63) is 28.0 Å². The molecular weight excluding hydrogens is 249 g/mol. The van der Waals surface area contributed by atoms with E-state index < -0.39 is 0 Å². The van der Waals surface area contributed by atoms with Crippen molar-refractivity contribution in [2.75, 3.05) is 0 Å². The SMILES string of the molecule is Clc1nc2c(cc1CBr)CCCC2. The minimum atomic E-state index is 0.664. The first-order valence-corrected chi connectivity index (χ1v) is 6.04. The molecule has 0 saturated carbocycles. The van der Waals surface area contributed by atoms with Gasteiger partial charge >= 0.3 is 0 Å². The third kappa shape index (κ3) is 1.89. The van der Waals surface area contributed by atoms with Crippen molar-refractivity contribution in [2.45, 2.75) is 31.0 Å². The maximum Gasteiger partial charge on any atom is 0.133 e. The Balaban J connectivity index is 2.44. The van der Waals surface area contributed by atoms with Crippen molar-refractivity contribution in [1.82, 2.24) is 4.98 Å². The van der Waals surface area contributed by atoms with Crippen LogP contribution in [0.1, 0.15) is 29.7 Å². The van der Waals surface area contributed by atoms with Gasteiger partial charge in [0.05, 0.1) is 0 Å². The van der Waals surface area contributed by atoms with Crippen molar-refractivity contribution in [1.29, 1.82) is 0 Å². The van der Waals surface area contributed by atoms with Gasteiger partial charge in [0.1, 0.15) is 5.15 Å². The van der Waals surface area contributed by atoms with E-state index in [2.05, 4.69) is 27.0 Å². The van der Waals surface area contributed by atoms with Gasteiger partial charge in [-0.3, -0.25) is 0 Å². The minimum absolute atomic E-state index is 0.664. The Morgan fingerprint density at radius 3 is 2.92 bits per heavy atom. The number of hydrogen-bond acceptors (Lipinski definition) is 1. The standard InChI is InChI=1S/C10H11BrClN/c11-6-8-5-7-3-1-2-4-9(7)13-10(8)12/h5H,1-4,6H2. The quantitative estimate of drug-likeness (QED) is 0.556. The fraction of sp³-hybridized carbons (Fsp3) is 0.500. The molecule has 0 aromatic carbocycles. The summed E-state index contributed by atoms with van der Waals surface area (Å²) < 4.78 is 0. The van der Waals surface area contributed by atoms with Gasteiger partial charge in [-0.1, -0.05) is 33.6 Å². The van der Waals surface area contributed by atoms with Gasteiger partial charge in [-0.2, -0.15) is 0 Å². The van der Waals surface area contributed by atoms with E-state index in [1.165, 1.54) is 30.5 Å². The molecule has 0 saturated heterocycles. The minimum Gasteiger partial charge on any atom is -0.241 e. The Hall–Kier alpha value is -0.0800. The Morgan fingerprint density at radius 1 is 1.38 bits per heavy atom. The highest BCUT2D eigenvalue weighted by Gasteiger charge is 2.13. The zero-order valence-electron chi connectivity index (χ0n) is 7.32. The molecule has 3 heteroatoms. The Labute approximate surface area is 91.6 Å². The average Bonchev–Trinajstić information content (AvgIpc) is 2.17. The molecule has 1 heterocycles. The summed E-state index contributed by atoms with van der Waals surface area (Å²) in [6.07, 6.45) is 4.80. The van der Waals surface area contributed by atoms with E-state index >= 15 is 0 Å². The van der Waals surface area contributed by atoms with Crippen LogP contribution in [0.4, 0.5) is 0 Å². The van der Waals surface area contributed by atoms with Gasteiger partial charge in [0.25, 0.3) is 0 Å². The fourth-order valence-corrected chi connectivity index (χ4v) is 2.56. The summed E-state index contributed by atoms with van der Waals surface area (Å²) in [5.74, 6) is 0. The molecule has 0 radical (unpaired) electrons. The summed E-state index contributed by atoms with van der Waals surface area (Å²) in [4.78, 5) is 4.42. The van der Waals surface area contributed by atoms with Crippen molar-refractivity contribution in [2.24, 2.45) is 0 Å². The molecule has 13 heavy (non-hydrogen) atoms. The molecule has 0 spiro atoms. The van der Waals surface area contributed by atoms with Crippen molar-refractivity contribution in [3.63, 3.8) is 0 Å². The number of fused-ring (bicyclic) bond motifs is 1. The smallest absolute Gasteiger partial charge is 0.133 e. The van der Waals surface area contributed by atoms with Crippen molar-refractivity contribution >= 4 is 27.5 Å². The lowest BCUT2D eigenvalue weighted by Crippen LogP contribution is -2.06. The molecule has 1 aromatic rings. The van der Waals surface area contributed by atoms with Gasteiger partial charge in [0.2, 0.25) is 0 Å². The van der Waals surface area contributed by atoms with Gasteiger partial charge in [-0.05, 0) is 31.2 Å². The molecule has 0 aliphatic heterocycles. The van der Waals surface area contributed by atoms with Gasteiger partial charge < -0.3 is 0 Å². The van der Waals surface area contributed by atoms with Crippen LogP contribution in [0.3, 0.4) is 0 Å². The van der Waals surface area contributed by atoms with Crippen LogP contribution in [0.15, 0.2) is 6.07 Å². The number of rotatable bonds is 1. The van der Waals surface area contributed by atoms with Gasteiger partial charge in [0, 0.05) is 16.6 Å². The van der Waals surface area contributed by atoms with E-state index in [4.69, 9.17) is 11.6 Å². The lowest BCUT2D eigenvalue weighted by molar-refractivity contribution is 0.667. The maximum absolute atomic E-state index is 6.02. The van der Waals surface area contributed by atoms with Gasteiger partial charge in [-0.25, -0.2) is 4.98 Å². The number of pyridine rings is 1. The van der Waals surface area contributed by atoms with Crippen molar-refractivity contribution in [3.8, 4) is 0 Å². The van der Waals surface area contributed by atoms with E-state index in [-0.39, 0.29) is 0 Å². The maximum atomic E-state index is 6.02. The summed E-state index contributed by atoms with van der Waals surface area (Å²) in [5, 5.41) is 1.46. The summed E-state index contributed by atoms with van der Waals surface area (Å²) in [5.41, 5.74) is 3.72. The summed E-state index contributed by atoms with van der Waals surface area (Å²) in [7, 11) is 0. The lowest BCUT2D eigenvalue weighted by atomic mass is 9.95. The number of halogens is 2. The van der Waals surface area contributed by atoms with Crippen LogP contribution in [0.5, 0.6) is 0 Å². The van der Waals surface area contributed by atoms with E-state index in [0.29, 0.717) is 5.15 Å². The highest BCUT2D eigenvalue weighted by Crippen LogP contribution is 2.25. The first-order chi connectivity index (χ1) is 6.31. The van der Waals surface area contributed by atoms with Crippen LogP contribution < -0.4 is 0 Å². The Morgan fingerprint density at radius 2 is 2.15 bits per heavy atom. The van der Waals surface area contributed by atoms with Crippen LogP contribution in [-0.2, 0) is 18.2 Å². The summed E-state index contributed by atoms with van der Waals surface area (Å²) in [6.45, 7) is 0. The molecule has 0 N–H and O–H groups in total. The van der Waals surface area contributed by atoms with Gasteiger partial charge in [0.15, 0.2) is 0 Å². The second-order valence-electron chi connectivity index (χ2n) is 3.38. The molecule has 1 aromatic heterocycles. The summed E-state index contributed by atoms with van der Waals surface area (Å²) >= 11 is 9.43. The normalized spacial score (nSPS) is 15.5. The van der Waals surface area contributed by atoms with Crippen molar-refractivity contribution < 1.29 is 0 Å². The number of aromatic nitrogens is 1. The van der Waals surface area contributed by atoms with E-state index in [1.807, 2.05) is 0 Å². The number of nitrogens with zero attached hydrogens (tertiary/aromatic N) is 1. The molecule has 0 amide bonds. The zero-order valence-corrected chi connectivity index (χ0v) is 9.66. The molecular formula is C10H11BrClN. The molecule has 0 atom stereocenters. The second kappa shape index (κ2) is 3.97. The van der Waals surface area contributed by atoms with E-state index in [1.54, 1.807) is 0 Å². The molecule has 0 unspecified atom stereocenters. The van der Waals surface area contributed by atoms with Crippen LogP contribution >= 0.6 is 27.5 Å². The molecule has 70 valence electrons. The third-order valence-electron chi connectivity index (χ3n) is 2.47. The largest absolute Gasteiger partial charge is 0.241 e. The number of hydrogen-bond donors (Lipinski definition) is 0. The Kier molecular flexibility index (Phi) is 2.89. The highest BCUT2D eigenvalue weighted by atomic mass is 79.9. The predicted octanol–water partition coefficient (Wildman–Crippen LogP) is 3.51. The molecule has 1 aliphatic rings. The topological polar surface area (TPSA) is 12.9 Å². The fourth-order valence-electron chi connectivity index (χ4n) is 1.75. The average molecular weight is 261 g/mol. The molecule has 0 bridgehead atoms. The molecule has 0 fully saturated rings. The van der Waals surface area contributed by atoms with Crippen LogP contribution in [-0.4, -0.2) is 4.98 Å². The van der Waals surface area contributed by atoms with E-state index in [0.717, 1.165) is 17.3 Å². The first kappa shape index (κ1) is 9.47. The van der Waals surface area contributed by atoms with Crippen LogP contribution in [0, 0.1) is 0 Å². The molecule has 2 rings (SSSR count). The van der Waals surface area contributed by atoms with E-state index in [9.17, 15) is 0 Å². The van der Waals surface area contributed by atoms with Gasteiger partial charge in [-0.15, -0.1) is 0 Å². The zero-order chi connectivity index (χ0) is 9.26. The lowest BCUT2D eigenvalue weighted by Gasteiger charge is -2.15. The first-order valence-electron chi connectivity index (χ1n) is 4.54. The number of aryl methyl sites for hydroxylation is 2. The highest BCUT2D eigenvalue weighted by molar-refractivity contribution is 9.08. The summed E-state index contributed by atoms with van der Waals surface area (Å²) in [6, 6.07) is 2.19. The van der Waals surface area contributed by atoms with Crippen LogP contribution in [0.25, 0.3) is 0 Å². The monoisotopic (exact) mass is 259 g/mol. The third-order valence-corrected chi connectivity index (χ3v) is 3.40. The Bertz CT molecular complexity index is 325. The van der Waals surface area contributed by atoms with Crippen LogP contribution in [0.2, 0.25) is 5.15 Å². The number of alkyl halides is 1. The second-order valence-corrected chi connectivity index (χ2v) is 4.30. The molecule has 1 nitrogen and oxygen atoms in total.